The normalized spacial score (nSPS) is 14.2. The van der Waals surface area contributed by atoms with Gasteiger partial charge in [0, 0.05) is 12.0 Å². The lowest BCUT2D eigenvalue weighted by atomic mass is 10.1. The van der Waals surface area contributed by atoms with Gasteiger partial charge in [-0.05, 0) is 42.8 Å². The Morgan fingerprint density at radius 2 is 2.24 bits per heavy atom. The van der Waals surface area contributed by atoms with Gasteiger partial charge >= 0.3 is 0 Å². The van der Waals surface area contributed by atoms with Gasteiger partial charge in [-0.1, -0.05) is 6.07 Å². The first-order chi connectivity index (χ1) is 10.1. The van der Waals surface area contributed by atoms with Crippen LogP contribution >= 0.6 is 0 Å². The molecule has 1 atom stereocenters. The van der Waals surface area contributed by atoms with Gasteiger partial charge in [-0.15, -0.1) is 0 Å². The molecule has 0 radical (unpaired) electrons. The molecule has 0 bridgehead atoms. The Morgan fingerprint density at radius 1 is 1.38 bits per heavy atom. The summed E-state index contributed by atoms with van der Waals surface area (Å²) in [7, 11) is 0. The van der Waals surface area contributed by atoms with Crippen molar-refractivity contribution in [1.82, 2.24) is 4.98 Å². The van der Waals surface area contributed by atoms with Crippen molar-refractivity contribution in [3.05, 3.63) is 42.0 Å². The van der Waals surface area contributed by atoms with Crippen molar-refractivity contribution in [2.45, 2.75) is 19.4 Å². The van der Waals surface area contributed by atoms with Crippen LogP contribution in [0.5, 0.6) is 5.75 Å². The molecule has 0 saturated carbocycles. The van der Waals surface area contributed by atoms with E-state index in [0.29, 0.717) is 5.82 Å². The Kier molecular flexibility index (Phi) is 3.58. The maximum Gasteiger partial charge on any atom is 0.242 e. The molecule has 2 heterocycles. The van der Waals surface area contributed by atoms with Gasteiger partial charge in [0.05, 0.1) is 18.3 Å². The number of carbonyl (C=O) groups is 1. The lowest BCUT2D eigenvalue weighted by Crippen LogP contribution is -2.32. The SMILES string of the molecule is C[C@@H](N)C(=O)Nc1cccc(-c2ccc3c(c2)CCO3)n1. The highest BCUT2D eigenvalue weighted by Crippen LogP contribution is 2.30. The van der Waals surface area contributed by atoms with Crippen LogP contribution < -0.4 is 15.8 Å². The minimum atomic E-state index is -0.562. The molecule has 1 amide bonds. The second-order valence-electron chi connectivity index (χ2n) is 5.11. The number of benzene rings is 1. The number of hydrogen-bond donors (Lipinski definition) is 2. The van der Waals surface area contributed by atoms with E-state index in [4.69, 9.17) is 10.5 Å². The van der Waals surface area contributed by atoms with E-state index in [1.165, 1.54) is 5.56 Å². The van der Waals surface area contributed by atoms with Crippen LogP contribution in [-0.4, -0.2) is 23.5 Å². The smallest absolute Gasteiger partial charge is 0.242 e. The minimum Gasteiger partial charge on any atom is -0.493 e. The predicted molar refractivity (Wildman–Crippen MR) is 81.2 cm³/mol. The van der Waals surface area contributed by atoms with E-state index in [9.17, 15) is 4.79 Å². The fraction of sp³-hybridized carbons (Fsp3) is 0.250. The largest absolute Gasteiger partial charge is 0.493 e. The van der Waals surface area contributed by atoms with Gasteiger partial charge in [0.1, 0.15) is 11.6 Å². The van der Waals surface area contributed by atoms with E-state index in [1.54, 1.807) is 13.0 Å². The number of amides is 1. The standard InChI is InChI=1S/C16H17N3O2/c1-10(17)16(20)19-15-4-2-3-13(18-15)11-5-6-14-12(9-11)7-8-21-14/h2-6,9-10H,7-8,17H2,1H3,(H,18,19,20)/t10-/m1/s1. The fourth-order valence-electron chi connectivity index (χ4n) is 2.25. The van der Waals surface area contributed by atoms with Gasteiger partial charge < -0.3 is 15.8 Å². The van der Waals surface area contributed by atoms with Crippen LogP contribution in [0.15, 0.2) is 36.4 Å². The average molecular weight is 283 g/mol. The Labute approximate surface area is 123 Å². The Hall–Kier alpha value is -2.40. The van der Waals surface area contributed by atoms with E-state index in [2.05, 4.69) is 16.4 Å². The van der Waals surface area contributed by atoms with Crippen LogP contribution in [0.25, 0.3) is 11.3 Å². The van der Waals surface area contributed by atoms with Crippen LogP contribution in [0.3, 0.4) is 0 Å². The summed E-state index contributed by atoms with van der Waals surface area (Å²) in [6.45, 7) is 2.37. The van der Waals surface area contributed by atoms with Gasteiger partial charge in [-0.2, -0.15) is 0 Å². The predicted octanol–water partition coefficient (Wildman–Crippen LogP) is 1.97. The third-order valence-corrected chi connectivity index (χ3v) is 3.40. The molecule has 2 aromatic rings. The highest BCUT2D eigenvalue weighted by molar-refractivity contribution is 5.93. The monoisotopic (exact) mass is 283 g/mol. The number of carbonyl (C=O) groups excluding carboxylic acids is 1. The zero-order chi connectivity index (χ0) is 14.8. The summed E-state index contributed by atoms with van der Waals surface area (Å²) in [5, 5.41) is 2.70. The first-order valence-corrected chi connectivity index (χ1v) is 6.93. The van der Waals surface area contributed by atoms with E-state index in [0.717, 1.165) is 30.0 Å². The molecule has 1 aliphatic heterocycles. The van der Waals surface area contributed by atoms with Gasteiger partial charge in [0.2, 0.25) is 5.91 Å². The highest BCUT2D eigenvalue weighted by Gasteiger charge is 2.14. The number of hydrogen-bond acceptors (Lipinski definition) is 4. The number of rotatable bonds is 3. The number of nitrogens with two attached hydrogens (primary N) is 1. The summed E-state index contributed by atoms with van der Waals surface area (Å²) >= 11 is 0. The molecule has 0 unspecified atom stereocenters. The van der Waals surface area contributed by atoms with Gasteiger partial charge in [-0.25, -0.2) is 4.98 Å². The summed E-state index contributed by atoms with van der Waals surface area (Å²) in [6, 6.07) is 11.0. The zero-order valence-corrected chi connectivity index (χ0v) is 11.8. The van der Waals surface area contributed by atoms with Crippen molar-refractivity contribution in [3.8, 4) is 17.0 Å². The minimum absolute atomic E-state index is 0.248. The number of anilines is 1. The first-order valence-electron chi connectivity index (χ1n) is 6.93. The number of nitrogens with one attached hydrogen (secondary N) is 1. The van der Waals surface area contributed by atoms with Gasteiger partial charge in [0.15, 0.2) is 0 Å². The second kappa shape index (κ2) is 5.54. The molecule has 1 aromatic heterocycles. The first kappa shape index (κ1) is 13.6. The Morgan fingerprint density at radius 3 is 3.05 bits per heavy atom. The van der Waals surface area contributed by atoms with Crippen LogP contribution in [0.2, 0.25) is 0 Å². The molecule has 0 aliphatic carbocycles. The molecule has 108 valence electrons. The summed E-state index contributed by atoms with van der Waals surface area (Å²) in [5.41, 5.74) is 8.56. The highest BCUT2D eigenvalue weighted by atomic mass is 16.5. The quantitative estimate of drug-likeness (QED) is 0.903. The number of ether oxygens (including phenoxy) is 1. The van der Waals surface area contributed by atoms with Crippen molar-refractivity contribution in [1.29, 1.82) is 0 Å². The molecule has 1 aliphatic rings. The van der Waals surface area contributed by atoms with E-state index in [-0.39, 0.29) is 5.91 Å². The number of fused-ring (bicyclic) bond motifs is 1. The van der Waals surface area contributed by atoms with Crippen molar-refractivity contribution in [3.63, 3.8) is 0 Å². The zero-order valence-electron chi connectivity index (χ0n) is 11.8. The molecular weight excluding hydrogens is 266 g/mol. The van der Waals surface area contributed by atoms with Crippen LogP contribution in [0, 0.1) is 0 Å². The summed E-state index contributed by atoms with van der Waals surface area (Å²) in [5.74, 6) is 1.20. The molecule has 5 nitrogen and oxygen atoms in total. The van der Waals surface area contributed by atoms with Crippen molar-refractivity contribution >= 4 is 11.7 Å². The summed E-state index contributed by atoms with van der Waals surface area (Å²) in [4.78, 5) is 16.1. The fourth-order valence-corrected chi connectivity index (χ4v) is 2.25. The number of pyridine rings is 1. The molecule has 5 heteroatoms. The number of nitrogens with zero attached hydrogens (tertiary/aromatic N) is 1. The summed E-state index contributed by atoms with van der Waals surface area (Å²) < 4.78 is 5.50. The van der Waals surface area contributed by atoms with E-state index < -0.39 is 6.04 Å². The topological polar surface area (TPSA) is 77.2 Å². The van der Waals surface area contributed by atoms with Crippen molar-refractivity contribution in [2.75, 3.05) is 11.9 Å². The van der Waals surface area contributed by atoms with Crippen molar-refractivity contribution < 1.29 is 9.53 Å². The molecule has 3 N–H and O–H groups in total. The van der Waals surface area contributed by atoms with Crippen molar-refractivity contribution in [2.24, 2.45) is 5.73 Å². The molecule has 21 heavy (non-hydrogen) atoms. The maximum absolute atomic E-state index is 11.6. The average Bonchev–Trinajstić information content (AvgIpc) is 2.94. The molecular formula is C16H17N3O2. The molecule has 3 rings (SSSR count). The van der Waals surface area contributed by atoms with E-state index >= 15 is 0 Å². The second-order valence-corrected chi connectivity index (χ2v) is 5.11. The van der Waals surface area contributed by atoms with E-state index in [1.807, 2.05) is 24.3 Å². The third kappa shape index (κ3) is 2.87. The molecule has 0 fully saturated rings. The summed E-state index contributed by atoms with van der Waals surface area (Å²) in [6.07, 6.45) is 0.921. The van der Waals surface area contributed by atoms with Gasteiger partial charge in [-0.3, -0.25) is 4.79 Å². The number of aromatic nitrogens is 1. The Balaban J connectivity index is 1.87. The molecule has 0 spiro atoms. The Bertz CT molecular complexity index is 683. The maximum atomic E-state index is 11.6. The lowest BCUT2D eigenvalue weighted by Gasteiger charge is -2.09. The van der Waals surface area contributed by atoms with Gasteiger partial charge in [0.25, 0.3) is 0 Å². The van der Waals surface area contributed by atoms with Crippen LogP contribution in [0.4, 0.5) is 5.82 Å². The molecule has 1 aromatic carbocycles. The lowest BCUT2D eigenvalue weighted by molar-refractivity contribution is -0.117. The molecule has 0 saturated heterocycles. The van der Waals surface area contributed by atoms with Crippen LogP contribution in [-0.2, 0) is 11.2 Å². The third-order valence-electron chi connectivity index (χ3n) is 3.40. The van der Waals surface area contributed by atoms with Crippen LogP contribution in [0.1, 0.15) is 12.5 Å².